The zero-order valence-electron chi connectivity index (χ0n) is 10.1. The standard InChI is InChI=1S/C12H17BrN2O2/c1-15(17-2)12(16)9-4-3-6-10-7-5-8-11(13)14-10/h5,7-8H,3-4,6,9H2,1-2H3. The molecule has 0 spiro atoms. The molecule has 0 aliphatic heterocycles. The van der Waals surface area contributed by atoms with E-state index in [1.807, 2.05) is 18.2 Å². The first-order valence-corrected chi connectivity index (χ1v) is 6.35. The summed E-state index contributed by atoms with van der Waals surface area (Å²) in [6.45, 7) is 0. The summed E-state index contributed by atoms with van der Waals surface area (Å²) < 4.78 is 0.852. The van der Waals surface area contributed by atoms with Crippen molar-refractivity contribution in [3.8, 4) is 0 Å². The number of carbonyl (C=O) groups excluding carboxylic acids is 1. The summed E-state index contributed by atoms with van der Waals surface area (Å²) in [5.41, 5.74) is 1.05. The minimum atomic E-state index is 0.00898. The van der Waals surface area contributed by atoms with Crippen LogP contribution < -0.4 is 0 Å². The van der Waals surface area contributed by atoms with Crippen molar-refractivity contribution in [2.45, 2.75) is 25.7 Å². The number of carbonyl (C=O) groups is 1. The molecule has 0 radical (unpaired) electrons. The maximum absolute atomic E-state index is 11.4. The van der Waals surface area contributed by atoms with Crippen molar-refractivity contribution in [1.29, 1.82) is 0 Å². The Balaban J connectivity index is 2.22. The second-order valence-corrected chi connectivity index (χ2v) is 4.55. The van der Waals surface area contributed by atoms with Gasteiger partial charge >= 0.3 is 0 Å². The number of hydroxylamine groups is 2. The summed E-state index contributed by atoms with van der Waals surface area (Å²) in [5.74, 6) is 0.00898. The van der Waals surface area contributed by atoms with Crippen LogP contribution in [0.5, 0.6) is 0 Å². The van der Waals surface area contributed by atoms with E-state index in [4.69, 9.17) is 4.84 Å². The number of amides is 1. The van der Waals surface area contributed by atoms with Crippen molar-refractivity contribution in [1.82, 2.24) is 10.0 Å². The van der Waals surface area contributed by atoms with Gasteiger partial charge in [0.15, 0.2) is 0 Å². The highest BCUT2D eigenvalue weighted by Gasteiger charge is 2.06. The summed E-state index contributed by atoms with van der Waals surface area (Å²) >= 11 is 3.33. The molecule has 0 saturated carbocycles. The number of halogens is 1. The molecule has 4 nitrogen and oxygen atoms in total. The minimum absolute atomic E-state index is 0.00898. The Morgan fingerprint density at radius 1 is 1.47 bits per heavy atom. The number of pyridine rings is 1. The van der Waals surface area contributed by atoms with E-state index in [-0.39, 0.29) is 5.91 Å². The van der Waals surface area contributed by atoms with Gasteiger partial charge in [0.25, 0.3) is 0 Å². The van der Waals surface area contributed by atoms with Crippen LogP contribution in [-0.4, -0.2) is 30.1 Å². The predicted molar refractivity (Wildman–Crippen MR) is 69.3 cm³/mol. The lowest BCUT2D eigenvalue weighted by Gasteiger charge is -2.12. The minimum Gasteiger partial charge on any atom is -0.275 e. The summed E-state index contributed by atoms with van der Waals surface area (Å²) in [7, 11) is 3.11. The highest BCUT2D eigenvalue weighted by molar-refractivity contribution is 9.10. The molecule has 0 N–H and O–H groups in total. The summed E-state index contributed by atoms with van der Waals surface area (Å²) in [5, 5.41) is 1.26. The fourth-order valence-corrected chi connectivity index (χ4v) is 1.81. The van der Waals surface area contributed by atoms with E-state index in [2.05, 4.69) is 20.9 Å². The number of unbranched alkanes of at least 4 members (excludes halogenated alkanes) is 1. The van der Waals surface area contributed by atoms with Gasteiger partial charge in [-0.05, 0) is 47.3 Å². The van der Waals surface area contributed by atoms with E-state index in [9.17, 15) is 4.79 Å². The molecule has 17 heavy (non-hydrogen) atoms. The van der Waals surface area contributed by atoms with Crippen LogP contribution in [0.2, 0.25) is 0 Å². The molecule has 1 amide bonds. The Kier molecular flexibility index (Phi) is 6.15. The molecule has 0 aromatic carbocycles. The van der Waals surface area contributed by atoms with E-state index >= 15 is 0 Å². The first-order valence-electron chi connectivity index (χ1n) is 5.55. The van der Waals surface area contributed by atoms with Crippen molar-refractivity contribution in [3.05, 3.63) is 28.5 Å². The Labute approximate surface area is 110 Å². The fourth-order valence-electron chi connectivity index (χ4n) is 1.43. The highest BCUT2D eigenvalue weighted by Crippen LogP contribution is 2.09. The Bertz CT molecular complexity index is 371. The topological polar surface area (TPSA) is 42.4 Å². The molecule has 1 aromatic heterocycles. The summed E-state index contributed by atoms with van der Waals surface area (Å²) in [6.07, 6.45) is 3.20. The van der Waals surface area contributed by atoms with Crippen LogP contribution >= 0.6 is 15.9 Å². The highest BCUT2D eigenvalue weighted by atomic mass is 79.9. The third-order valence-electron chi connectivity index (χ3n) is 2.47. The van der Waals surface area contributed by atoms with Crippen molar-refractivity contribution in [2.75, 3.05) is 14.2 Å². The largest absolute Gasteiger partial charge is 0.275 e. The van der Waals surface area contributed by atoms with E-state index in [0.717, 1.165) is 29.6 Å². The quantitative estimate of drug-likeness (QED) is 0.461. The van der Waals surface area contributed by atoms with Crippen molar-refractivity contribution in [3.63, 3.8) is 0 Å². The molecular formula is C12H17BrN2O2. The SMILES string of the molecule is CON(C)C(=O)CCCCc1cccc(Br)n1. The third kappa shape index (κ3) is 5.28. The zero-order chi connectivity index (χ0) is 12.7. The van der Waals surface area contributed by atoms with Gasteiger partial charge < -0.3 is 0 Å². The van der Waals surface area contributed by atoms with Gasteiger partial charge in [0.2, 0.25) is 5.91 Å². The molecule has 5 heteroatoms. The number of aromatic nitrogens is 1. The summed E-state index contributed by atoms with van der Waals surface area (Å²) in [6, 6.07) is 5.87. The molecule has 0 bridgehead atoms. The van der Waals surface area contributed by atoms with Gasteiger partial charge in [-0.2, -0.15) is 0 Å². The predicted octanol–water partition coefficient (Wildman–Crippen LogP) is 2.58. The van der Waals surface area contributed by atoms with Crippen molar-refractivity contribution >= 4 is 21.8 Å². The molecule has 0 saturated heterocycles. The van der Waals surface area contributed by atoms with Crippen LogP contribution in [0.3, 0.4) is 0 Å². The van der Waals surface area contributed by atoms with Crippen molar-refractivity contribution < 1.29 is 9.63 Å². The number of aryl methyl sites for hydroxylation is 1. The maximum atomic E-state index is 11.4. The second kappa shape index (κ2) is 7.40. The van der Waals surface area contributed by atoms with Gasteiger partial charge in [0.1, 0.15) is 4.60 Å². The van der Waals surface area contributed by atoms with Gasteiger partial charge in [0.05, 0.1) is 7.11 Å². The molecule has 1 aromatic rings. The monoisotopic (exact) mass is 300 g/mol. The molecule has 0 aliphatic rings. The lowest BCUT2D eigenvalue weighted by atomic mass is 10.1. The fraction of sp³-hybridized carbons (Fsp3) is 0.500. The molecule has 0 aliphatic carbocycles. The molecule has 1 rings (SSSR count). The Morgan fingerprint density at radius 2 is 2.24 bits per heavy atom. The van der Waals surface area contributed by atoms with E-state index < -0.39 is 0 Å². The van der Waals surface area contributed by atoms with Crippen LogP contribution in [0.15, 0.2) is 22.8 Å². The molecule has 0 unspecified atom stereocenters. The van der Waals surface area contributed by atoms with E-state index in [0.29, 0.717) is 6.42 Å². The number of rotatable bonds is 6. The van der Waals surface area contributed by atoms with E-state index in [1.165, 1.54) is 12.2 Å². The first kappa shape index (κ1) is 14.1. The van der Waals surface area contributed by atoms with Gasteiger partial charge in [-0.15, -0.1) is 0 Å². The lowest BCUT2D eigenvalue weighted by Crippen LogP contribution is -2.24. The smallest absolute Gasteiger partial charge is 0.245 e. The van der Waals surface area contributed by atoms with Gasteiger partial charge in [-0.25, -0.2) is 10.0 Å². The molecular weight excluding hydrogens is 284 g/mol. The van der Waals surface area contributed by atoms with Crippen LogP contribution in [0, 0.1) is 0 Å². The molecule has 0 atom stereocenters. The average Bonchev–Trinajstić information content (AvgIpc) is 2.33. The Hall–Kier alpha value is -0.940. The molecule has 0 fully saturated rings. The lowest BCUT2D eigenvalue weighted by molar-refractivity contribution is -0.168. The Morgan fingerprint density at radius 3 is 2.88 bits per heavy atom. The number of hydrogen-bond acceptors (Lipinski definition) is 3. The molecule has 1 heterocycles. The van der Waals surface area contributed by atoms with Gasteiger partial charge in [-0.3, -0.25) is 9.63 Å². The van der Waals surface area contributed by atoms with Gasteiger partial charge in [0, 0.05) is 19.2 Å². The average molecular weight is 301 g/mol. The van der Waals surface area contributed by atoms with Crippen LogP contribution in [-0.2, 0) is 16.1 Å². The maximum Gasteiger partial charge on any atom is 0.245 e. The number of hydrogen-bond donors (Lipinski definition) is 0. The van der Waals surface area contributed by atoms with Crippen LogP contribution in [0.4, 0.5) is 0 Å². The van der Waals surface area contributed by atoms with Crippen molar-refractivity contribution in [2.24, 2.45) is 0 Å². The zero-order valence-corrected chi connectivity index (χ0v) is 11.7. The number of nitrogens with zero attached hydrogens (tertiary/aromatic N) is 2. The third-order valence-corrected chi connectivity index (χ3v) is 2.91. The van der Waals surface area contributed by atoms with Crippen LogP contribution in [0.1, 0.15) is 25.0 Å². The van der Waals surface area contributed by atoms with Gasteiger partial charge in [-0.1, -0.05) is 6.07 Å². The summed E-state index contributed by atoms with van der Waals surface area (Å²) in [4.78, 5) is 20.6. The second-order valence-electron chi connectivity index (χ2n) is 3.73. The van der Waals surface area contributed by atoms with E-state index in [1.54, 1.807) is 7.05 Å². The first-order chi connectivity index (χ1) is 8.13. The normalized spacial score (nSPS) is 10.3. The molecule has 94 valence electrons. The van der Waals surface area contributed by atoms with Crippen LogP contribution in [0.25, 0.3) is 0 Å².